The Labute approximate surface area is 119 Å². The van der Waals surface area contributed by atoms with Crippen LogP contribution in [0.2, 0.25) is 0 Å². The van der Waals surface area contributed by atoms with Crippen molar-refractivity contribution in [2.75, 3.05) is 38.0 Å². The molecule has 1 rings (SSSR count). The molecule has 0 aliphatic heterocycles. The summed E-state index contributed by atoms with van der Waals surface area (Å²) in [6.07, 6.45) is -0.557. The second kappa shape index (κ2) is 8.39. The molecule has 0 saturated heterocycles. The Morgan fingerprint density at radius 1 is 1.40 bits per heavy atom. The van der Waals surface area contributed by atoms with Gasteiger partial charge in [-0.2, -0.15) is 0 Å². The first-order valence-electron chi connectivity index (χ1n) is 6.52. The topological polar surface area (TPSA) is 82.8 Å². The lowest BCUT2D eigenvalue weighted by Crippen LogP contribution is -2.28. The Morgan fingerprint density at radius 2 is 2.15 bits per heavy atom. The highest BCUT2D eigenvalue weighted by atomic mass is 16.5. The molecule has 6 heteroatoms. The van der Waals surface area contributed by atoms with Crippen molar-refractivity contribution in [3.05, 3.63) is 18.2 Å². The first-order chi connectivity index (χ1) is 9.58. The van der Waals surface area contributed by atoms with Gasteiger partial charge < -0.3 is 25.3 Å². The predicted molar refractivity (Wildman–Crippen MR) is 77.9 cm³/mol. The van der Waals surface area contributed by atoms with E-state index in [4.69, 9.17) is 19.9 Å². The molecule has 0 aliphatic carbocycles. The third-order valence-electron chi connectivity index (χ3n) is 2.67. The van der Waals surface area contributed by atoms with Crippen LogP contribution in [0, 0.1) is 0 Å². The van der Waals surface area contributed by atoms with Crippen molar-refractivity contribution < 1.29 is 19.0 Å². The number of nitrogens with one attached hydrogen (secondary N) is 1. The van der Waals surface area contributed by atoms with Crippen LogP contribution in [0.15, 0.2) is 18.2 Å². The van der Waals surface area contributed by atoms with Gasteiger partial charge in [-0.15, -0.1) is 0 Å². The van der Waals surface area contributed by atoms with Crippen LogP contribution in [0.5, 0.6) is 5.75 Å². The Balaban J connectivity index is 2.46. The molecule has 0 aliphatic rings. The van der Waals surface area contributed by atoms with Crippen LogP contribution in [0.4, 0.5) is 11.4 Å². The van der Waals surface area contributed by atoms with Gasteiger partial charge in [-0.05, 0) is 32.0 Å². The maximum Gasteiger partial charge on any atom is 0.253 e. The Kier molecular flexibility index (Phi) is 6.83. The van der Waals surface area contributed by atoms with Gasteiger partial charge in [0.15, 0.2) is 0 Å². The van der Waals surface area contributed by atoms with Crippen LogP contribution in [0.25, 0.3) is 0 Å². The molecule has 1 atom stereocenters. The second-order valence-electron chi connectivity index (χ2n) is 4.16. The van der Waals surface area contributed by atoms with E-state index in [0.717, 1.165) is 0 Å². The molecule has 1 amide bonds. The minimum atomic E-state index is -0.557. The molecule has 6 nitrogen and oxygen atoms in total. The SMILES string of the molecule is CCOCCOC(C)C(=O)Nc1ccc(OC)c(N)c1. The van der Waals surface area contributed by atoms with E-state index in [9.17, 15) is 4.79 Å². The smallest absolute Gasteiger partial charge is 0.253 e. The molecule has 1 aromatic rings. The Hall–Kier alpha value is -1.79. The zero-order valence-electron chi connectivity index (χ0n) is 12.1. The summed E-state index contributed by atoms with van der Waals surface area (Å²) in [5.41, 5.74) is 6.85. The zero-order valence-corrected chi connectivity index (χ0v) is 12.1. The van der Waals surface area contributed by atoms with Crippen LogP contribution >= 0.6 is 0 Å². The van der Waals surface area contributed by atoms with Gasteiger partial charge in [0.05, 0.1) is 26.0 Å². The molecule has 1 aromatic carbocycles. The summed E-state index contributed by atoms with van der Waals surface area (Å²) in [5.74, 6) is 0.343. The molecule has 0 spiro atoms. The van der Waals surface area contributed by atoms with Crippen molar-refractivity contribution in [3.8, 4) is 5.75 Å². The number of anilines is 2. The lowest BCUT2D eigenvalue weighted by atomic mass is 10.2. The number of benzene rings is 1. The third-order valence-corrected chi connectivity index (χ3v) is 2.67. The highest BCUT2D eigenvalue weighted by molar-refractivity contribution is 5.94. The van der Waals surface area contributed by atoms with Gasteiger partial charge in [0.2, 0.25) is 0 Å². The van der Waals surface area contributed by atoms with E-state index in [-0.39, 0.29) is 5.91 Å². The van der Waals surface area contributed by atoms with Crippen LogP contribution in [0.3, 0.4) is 0 Å². The van der Waals surface area contributed by atoms with E-state index in [2.05, 4.69) is 5.32 Å². The van der Waals surface area contributed by atoms with E-state index in [0.29, 0.717) is 36.9 Å². The molecule has 0 bridgehead atoms. The van der Waals surface area contributed by atoms with Gasteiger partial charge in [0.1, 0.15) is 11.9 Å². The average Bonchev–Trinajstić information content (AvgIpc) is 2.43. The number of hydrogen-bond acceptors (Lipinski definition) is 5. The van der Waals surface area contributed by atoms with Crippen molar-refractivity contribution >= 4 is 17.3 Å². The van der Waals surface area contributed by atoms with Gasteiger partial charge >= 0.3 is 0 Å². The molecule has 112 valence electrons. The van der Waals surface area contributed by atoms with Crippen LogP contribution in [-0.4, -0.2) is 38.9 Å². The fourth-order valence-corrected chi connectivity index (χ4v) is 1.56. The number of hydrogen-bond donors (Lipinski definition) is 2. The van der Waals surface area contributed by atoms with Crippen molar-refractivity contribution in [1.29, 1.82) is 0 Å². The quantitative estimate of drug-likeness (QED) is 0.559. The summed E-state index contributed by atoms with van der Waals surface area (Å²) in [7, 11) is 1.54. The molecule has 3 N–H and O–H groups in total. The standard InChI is InChI=1S/C14H22N2O4/c1-4-19-7-8-20-10(2)14(17)16-11-5-6-13(18-3)12(15)9-11/h5-6,9-10H,4,7-8,15H2,1-3H3,(H,16,17). The van der Waals surface area contributed by atoms with Crippen molar-refractivity contribution in [2.45, 2.75) is 20.0 Å². The number of nitrogen functional groups attached to an aromatic ring is 1. The van der Waals surface area contributed by atoms with E-state index >= 15 is 0 Å². The van der Waals surface area contributed by atoms with Crippen molar-refractivity contribution in [1.82, 2.24) is 0 Å². The molecule has 1 unspecified atom stereocenters. The highest BCUT2D eigenvalue weighted by Gasteiger charge is 2.13. The Bertz CT molecular complexity index is 437. The molecule has 20 heavy (non-hydrogen) atoms. The predicted octanol–water partition coefficient (Wildman–Crippen LogP) is 1.66. The van der Waals surface area contributed by atoms with Crippen molar-refractivity contribution in [3.63, 3.8) is 0 Å². The first-order valence-corrected chi connectivity index (χ1v) is 6.52. The summed E-state index contributed by atoms with van der Waals surface area (Å²) in [4.78, 5) is 11.9. The number of nitrogens with two attached hydrogens (primary N) is 1. The van der Waals surface area contributed by atoms with Gasteiger partial charge in [-0.1, -0.05) is 0 Å². The number of carbonyl (C=O) groups is 1. The molecule has 0 saturated carbocycles. The molecular weight excluding hydrogens is 260 g/mol. The van der Waals surface area contributed by atoms with Crippen LogP contribution in [0.1, 0.15) is 13.8 Å². The number of ether oxygens (including phenoxy) is 3. The molecule has 0 heterocycles. The van der Waals surface area contributed by atoms with E-state index in [1.807, 2.05) is 6.92 Å². The van der Waals surface area contributed by atoms with Crippen molar-refractivity contribution in [2.24, 2.45) is 0 Å². The molecule has 0 aromatic heterocycles. The zero-order chi connectivity index (χ0) is 15.0. The summed E-state index contributed by atoms with van der Waals surface area (Å²) >= 11 is 0. The highest BCUT2D eigenvalue weighted by Crippen LogP contribution is 2.24. The number of carbonyl (C=O) groups excluding carboxylic acids is 1. The largest absolute Gasteiger partial charge is 0.495 e. The van der Waals surface area contributed by atoms with Crippen LogP contribution in [-0.2, 0) is 14.3 Å². The van der Waals surface area contributed by atoms with Gasteiger partial charge in [-0.25, -0.2) is 0 Å². The minimum absolute atomic E-state index is 0.230. The lowest BCUT2D eigenvalue weighted by Gasteiger charge is -2.14. The second-order valence-corrected chi connectivity index (χ2v) is 4.16. The Morgan fingerprint density at radius 3 is 2.75 bits per heavy atom. The van der Waals surface area contributed by atoms with Gasteiger partial charge in [0, 0.05) is 12.3 Å². The summed E-state index contributed by atoms with van der Waals surface area (Å²) in [6.45, 7) is 5.09. The maximum atomic E-state index is 11.9. The van der Waals surface area contributed by atoms with Gasteiger partial charge in [0.25, 0.3) is 5.91 Å². The lowest BCUT2D eigenvalue weighted by molar-refractivity contribution is -0.127. The third kappa shape index (κ3) is 5.07. The minimum Gasteiger partial charge on any atom is -0.495 e. The summed E-state index contributed by atoms with van der Waals surface area (Å²) in [5, 5.41) is 2.73. The fourth-order valence-electron chi connectivity index (χ4n) is 1.56. The monoisotopic (exact) mass is 282 g/mol. The average molecular weight is 282 g/mol. The summed E-state index contributed by atoms with van der Waals surface area (Å²) in [6, 6.07) is 5.06. The van der Waals surface area contributed by atoms with Gasteiger partial charge in [-0.3, -0.25) is 4.79 Å². The number of rotatable bonds is 8. The maximum absolute atomic E-state index is 11.9. The molecule has 0 fully saturated rings. The summed E-state index contributed by atoms with van der Waals surface area (Å²) < 4.78 is 15.5. The van der Waals surface area contributed by atoms with Crippen LogP contribution < -0.4 is 15.8 Å². The van der Waals surface area contributed by atoms with E-state index in [1.54, 1.807) is 25.1 Å². The van der Waals surface area contributed by atoms with E-state index < -0.39 is 6.10 Å². The first kappa shape index (κ1) is 16.3. The molecule has 0 radical (unpaired) electrons. The fraction of sp³-hybridized carbons (Fsp3) is 0.500. The normalized spacial score (nSPS) is 11.9. The van der Waals surface area contributed by atoms with E-state index in [1.165, 1.54) is 7.11 Å². The molecular formula is C14H22N2O4. The number of amides is 1. The number of methoxy groups -OCH3 is 1.